The van der Waals surface area contributed by atoms with E-state index >= 15 is 0 Å². The number of para-hydroxylation sites is 1. The monoisotopic (exact) mass is 401 g/mol. The van der Waals surface area contributed by atoms with Gasteiger partial charge in [-0.2, -0.15) is 0 Å². The minimum absolute atomic E-state index is 0.220. The molecule has 0 radical (unpaired) electrons. The highest BCUT2D eigenvalue weighted by Crippen LogP contribution is 2.40. The predicted molar refractivity (Wildman–Crippen MR) is 108 cm³/mol. The Morgan fingerprint density at radius 3 is 2.50 bits per heavy atom. The fourth-order valence-corrected chi connectivity index (χ4v) is 5.68. The van der Waals surface area contributed by atoms with Crippen LogP contribution in [0.2, 0.25) is 0 Å². The third-order valence-corrected chi connectivity index (χ3v) is 7.08. The van der Waals surface area contributed by atoms with Gasteiger partial charge in [0.15, 0.2) is 0 Å². The van der Waals surface area contributed by atoms with Crippen LogP contribution >= 0.6 is 0 Å². The maximum Gasteiger partial charge on any atom is 0.244 e. The highest BCUT2D eigenvalue weighted by molar-refractivity contribution is 7.89. The Bertz CT molecular complexity index is 998. The highest BCUT2D eigenvalue weighted by Gasteiger charge is 2.36. The molecule has 1 atom stereocenters. The second kappa shape index (κ2) is 7.08. The number of methoxy groups -OCH3 is 1. The van der Waals surface area contributed by atoms with Crippen LogP contribution in [0.25, 0.3) is 0 Å². The molecule has 150 valence electrons. The molecule has 0 bridgehead atoms. The summed E-state index contributed by atoms with van der Waals surface area (Å²) in [6.45, 7) is 3.95. The van der Waals surface area contributed by atoms with Crippen LogP contribution in [0.4, 0.5) is 0 Å². The molecule has 0 saturated carbocycles. The van der Waals surface area contributed by atoms with E-state index in [1.807, 2.05) is 44.2 Å². The van der Waals surface area contributed by atoms with Crippen LogP contribution in [0, 0.1) is 0 Å². The average molecular weight is 402 g/mol. The second-order valence-corrected chi connectivity index (χ2v) is 9.94. The molecule has 0 saturated heterocycles. The molecule has 1 heterocycles. The van der Waals surface area contributed by atoms with Gasteiger partial charge >= 0.3 is 0 Å². The van der Waals surface area contributed by atoms with Crippen LogP contribution in [-0.4, -0.2) is 21.1 Å². The van der Waals surface area contributed by atoms with Crippen molar-refractivity contribution in [3.63, 3.8) is 0 Å². The normalized spacial score (nSPS) is 20.6. The zero-order chi connectivity index (χ0) is 19.9. The van der Waals surface area contributed by atoms with E-state index in [9.17, 15) is 8.42 Å². The summed E-state index contributed by atoms with van der Waals surface area (Å²) in [7, 11) is -2.24. The van der Waals surface area contributed by atoms with Gasteiger partial charge in [-0.15, -0.1) is 0 Å². The molecule has 1 N–H and O–H groups in total. The van der Waals surface area contributed by atoms with Gasteiger partial charge in [0.05, 0.1) is 13.2 Å². The second-order valence-electron chi connectivity index (χ2n) is 8.26. The molecule has 2 aromatic rings. The molecule has 0 amide bonds. The van der Waals surface area contributed by atoms with Gasteiger partial charge in [0.1, 0.15) is 22.0 Å². The number of rotatable bonds is 4. The average Bonchev–Trinajstić information content (AvgIpc) is 2.65. The Morgan fingerprint density at radius 2 is 1.79 bits per heavy atom. The van der Waals surface area contributed by atoms with Crippen molar-refractivity contribution in [1.82, 2.24) is 4.72 Å². The first kappa shape index (κ1) is 19.3. The first-order chi connectivity index (χ1) is 13.3. The van der Waals surface area contributed by atoms with Crippen molar-refractivity contribution >= 4 is 10.0 Å². The Hall–Kier alpha value is -2.05. The van der Waals surface area contributed by atoms with Crippen molar-refractivity contribution in [2.24, 2.45) is 0 Å². The number of aryl methyl sites for hydroxylation is 2. The molecule has 2 aromatic carbocycles. The highest BCUT2D eigenvalue weighted by atomic mass is 32.2. The Labute approximate surface area is 167 Å². The van der Waals surface area contributed by atoms with E-state index in [0.717, 1.165) is 42.6 Å². The molecule has 6 heteroatoms. The minimum Gasteiger partial charge on any atom is -0.495 e. The van der Waals surface area contributed by atoms with Gasteiger partial charge in [0, 0.05) is 12.0 Å². The fourth-order valence-electron chi connectivity index (χ4n) is 4.27. The van der Waals surface area contributed by atoms with E-state index in [2.05, 4.69) is 4.72 Å². The first-order valence-corrected chi connectivity index (χ1v) is 11.3. The van der Waals surface area contributed by atoms with E-state index in [-0.39, 0.29) is 10.9 Å². The Kier molecular flexibility index (Phi) is 4.88. The largest absolute Gasteiger partial charge is 0.495 e. The third kappa shape index (κ3) is 3.63. The molecule has 1 aliphatic carbocycles. The van der Waals surface area contributed by atoms with Crippen molar-refractivity contribution in [3.8, 4) is 11.5 Å². The predicted octanol–water partition coefficient (Wildman–Crippen LogP) is 4.15. The molecule has 5 nitrogen and oxygen atoms in total. The lowest BCUT2D eigenvalue weighted by Gasteiger charge is -2.37. The number of benzene rings is 2. The number of nitrogens with one attached hydrogen (secondary N) is 1. The molecule has 0 spiro atoms. The van der Waals surface area contributed by atoms with Crippen LogP contribution in [0.5, 0.6) is 11.5 Å². The van der Waals surface area contributed by atoms with Gasteiger partial charge in [-0.3, -0.25) is 0 Å². The van der Waals surface area contributed by atoms with Crippen LogP contribution in [0.15, 0.2) is 41.3 Å². The summed E-state index contributed by atoms with van der Waals surface area (Å²) in [5, 5.41) is 0. The topological polar surface area (TPSA) is 64.6 Å². The molecular formula is C22H27NO4S. The first-order valence-electron chi connectivity index (χ1n) is 9.79. The van der Waals surface area contributed by atoms with Crippen molar-refractivity contribution in [2.45, 2.75) is 62.5 Å². The van der Waals surface area contributed by atoms with E-state index in [4.69, 9.17) is 9.47 Å². The summed E-state index contributed by atoms with van der Waals surface area (Å²) in [6.07, 6.45) is 4.66. The van der Waals surface area contributed by atoms with Crippen molar-refractivity contribution < 1.29 is 17.9 Å². The summed E-state index contributed by atoms with van der Waals surface area (Å²) in [5.74, 6) is 1.14. The molecule has 1 aliphatic heterocycles. The molecule has 1 unspecified atom stereocenters. The standard InChI is InChI=1S/C22H27NO4S/c1-22(2)14-18(17-10-6-7-11-19(17)27-22)23-28(24,25)21-13-16-9-5-4-8-15(16)12-20(21)26-3/h6-7,10-13,18,23H,4-5,8-9,14H2,1-3H3. The Morgan fingerprint density at radius 1 is 1.11 bits per heavy atom. The number of fused-ring (bicyclic) bond motifs is 2. The van der Waals surface area contributed by atoms with E-state index < -0.39 is 15.6 Å². The van der Waals surface area contributed by atoms with Gasteiger partial charge in [-0.1, -0.05) is 18.2 Å². The number of hydrogen-bond donors (Lipinski definition) is 1. The molecule has 2 aliphatic rings. The maximum atomic E-state index is 13.4. The summed E-state index contributed by atoms with van der Waals surface area (Å²) < 4.78 is 41.1. The number of ether oxygens (including phenoxy) is 2. The Balaban J connectivity index is 1.72. The molecular weight excluding hydrogens is 374 g/mol. The lowest BCUT2D eigenvalue weighted by atomic mass is 9.90. The lowest BCUT2D eigenvalue weighted by Crippen LogP contribution is -2.41. The molecule has 0 fully saturated rings. The molecule has 0 aromatic heterocycles. The summed E-state index contributed by atoms with van der Waals surface area (Å²) in [5.41, 5.74) is 2.71. The maximum absolute atomic E-state index is 13.4. The number of hydrogen-bond acceptors (Lipinski definition) is 4. The van der Waals surface area contributed by atoms with Gasteiger partial charge < -0.3 is 9.47 Å². The van der Waals surface area contributed by atoms with Crippen LogP contribution in [0.1, 0.15) is 55.8 Å². The van der Waals surface area contributed by atoms with Crippen molar-refractivity contribution in [3.05, 3.63) is 53.1 Å². The van der Waals surface area contributed by atoms with Gasteiger partial charge in [-0.05, 0) is 68.9 Å². The van der Waals surface area contributed by atoms with Crippen LogP contribution < -0.4 is 14.2 Å². The van der Waals surface area contributed by atoms with Crippen LogP contribution in [-0.2, 0) is 22.9 Å². The number of sulfonamides is 1. The van der Waals surface area contributed by atoms with Crippen molar-refractivity contribution in [2.75, 3.05) is 7.11 Å². The van der Waals surface area contributed by atoms with Crippen LogP contribution in [0.3, 0.4) is 0 Å². The third-order valence-electron chi connectivity index (χ3n) is 5.59. The van der Waals surface area contributed by atoms with Gasteiger partial charge in [-0.25, -0.2) is 13.1 Å². The summed E-state index contributed by atoms with van der Waals surface area (Å²) in [6, 6.07) is 10.9. The summed E-state index contributed by atoms with van der Waals surface area (Å²) >= 11 is 0. The smallest absolute Gasteiger partial charge is 0.244 e. The minimum atomic E-state index is -3.76. The van der Waals surface area contributed by atoms with Gasteiger partial charge in [0.2, 0.25) is 10.0 Å². The SMILES string of the molecule is COc1cc2c(cc1S(=O)(=O)NC1CC(C)(C)Oc3ccccc31)CCCC2. The molecule has 4 rings (SSSR count). The van der Waals surface area contributed by atoms with E-state index in [0.29, 0.717) is 12.2 Å². The van der Waals surface area contributed by atoms with E-state index in [1.165, 1.54) is 12.7 Å². The zero-order valence-corrected chi connectivity index (χ0v) is 17.4. The summed E-state index contributed by atoms with van der Waals surface area (Å²) in [4.78, 5) is 0.220. The fraction of sp³-hybridized carbons (Fsp3) is 0.455. The van der Waals surface area contributed by atoms with Crippen molar-refractivity contribution in [1.29, 1.82) is 0 Å². The quantitative estimate of drug-likeness (QED) is 0.836. The van der Waals surface area contributed by atoms with E-state index in [1.54, 1.807) is 6.07 Å². The lowest BCUT2D eigenvalue weighted by molar-refractivity contribution is 0.0702. The zero-order valence-electron chi connectivity index (χ0n) is 16.6. The van der Waals surface area contributed by atoms with Gasteiger partial charge in [0.25, 0.3) is 0 Å². The molecule has 28 heavy (non-hydrogen) atoms.